The number of benzene rings is 1. The van der Waals surface area contributed by atoms with Gasteiger partial charge in [0.1, 0.15) is 0 Å². The van der Waals surface area contributed by atoms with Gasteiger partial charge in [-0.2, -0.15) is 16.7 Å². The van der Waals surface area contributed by atoms with Crippen molar-refractivity contribution < 1.29 is 4.52 Å². The summed E-state index contributed by atoms with van der Waals surface area (Å²) in [6.45, 7) is 0. The van der Waals surface area contributed by atoms with E-state index in [1.807, 2.05) is 23.9 Å². The number of aromatic nitrogens is 2. The van der Waals surface area contributed by atoms with Crippen molar-refractivity contribution in [3.63, 3.8) is 0 Å². The summed E-state index contributed by atoms with van der Waals surface area (Å²) in [4.78, 5) is 4.48. The molecule has 3 rings (SSSR count). The molecule has 0 spiro atoms. The Bertz CT molecular complexity index is 575. The minimum atomic E-state index is 0.129. The van der Waals surface area contributed by atoms with Gasteiger partial charge in [0, 0.05) is 28.4 Å². The number of halogens is 1. The molecule has 1 fully saturated rings. The normalized spacial score (nSPS) is 22.8. The lowest BCUT2D eigenvalue weighted by Crippen LogP contribution is -2.26. The van der Waals surface area contributed by atoms with Crippen molar-refractivity contribution in [1.82, 2.24) is 10.1 Å². The van der Waals surface area contributed by atoms with Gasteiger partial charge in [0.05, 0.1) is 5.92 Å². The molecular weight excluding hydrogens is 326 g/mol. The van der Waals surface area contributed by atoms with Crippen molar-refractivity contribution in [1.29, 1.82) is 0 Å². The molecule has 0 amide bonds. The zero-order valence-electron chi connectivity index (χ0n) is 10.3. The summed E-state index contributed by atoms with van der Waals surface area (Å²) in [6.07, 6.45) is 0.679. The molecule has 1 aromatic heterocycles. The number of hydrogen-bond acceptors (Lipinski definition) is 5. The highest BCUT2D eigenvalue weighted by atomic mass is 79.9. The van der Waals surface area contributed by atoms with Crippen LogP contribution in [0.2, 0.25) is 0 Å². The Kier molecular flexibility index (Phi) is 3.91. The number of thioether (sulfide) groups is 1. The van der Waals surface area contributed by atoms with Gasteiger partial charge in [-0.1, -0.05) is 33.2 Å². The van der Waals surface area contributed by atoms with E-state index in [1.165, 1.54) is 0 Å². The van der Waals surface area contributed by atoms with Crippen molar-refractivity contribution in [2.45, 2.75) is 18.4 Å². The van der Waals surface area contributed by atoms with Crippen molar-refractivity contribution in [2.75, 3.05) is 11.5 Å². The first-order valence-electron chi connectivity index (χ1n) is 6.12. The lowest BCUT2D eigenvalue weighted by atomic mass is 10.1. The summed E-state index contributed by atoms with van der Waals surface area (Å²) in [5.41, 5.74) is 7.20. The molecule has 6 heteroatoms. The molecule has 19 heavy (non-hydrogen) atoms. The highest BCUT2D eigenvalue weighted by Crippen LogP contribution is 2.30. The average Bonchev–Trinajstić information content (AvgIpc) is 2.98. The standard InChI is InChI=1S/C13H14BrN3OS/c14-9-3-1-2-8(4-9)5-12-16-13(18-17-12)10-6-19-7-11(10)15/h1-4,10-11H,5-7,15H2. The second-order valence-corrected chi connectivity index (χ2v) is 6.65. The first kappa shape index (κ1) is 13.1. The SMILES string of the molecule is NC1CSCC1c1nc(Cc2cccc(Br)c2)no1. The molecular formula is C13H14BrN3OS. The van der Waals surface area contributed by atoms with E-state index >= 15 is 0 Å². The van der Waals surface area contributed by atoms with Crippen molar-refractivity contribution in [3.8, 4) is 0 Å². The van der Waals surface area contributed by atoms with Crippen LogP contribution in [0, 0.1) is 0 Å². The van der Waals surface area contributed by atoms with Gasteiger partial charge in [-0.3, -0.25) is 0 Å². The van der Waals surface area contributed by atoms with E-state index in [1.54, 1.807) is 0 Å². The van der Waals surface area contributed by atoms with Gasteiger partial charge < -0.3 is 10.3 Å². The van der Waals surface area contributed by atoms with Gasteiger partial charge in [0.25, 0.3) is 0 Å². The van der Waals surface area contributed by atoms with Gasteiger partial charge in [0.15, 0.2) is 5.82 Å². The summed E-state index contributed by atoms with van der Waals surface area (Å²) in [5.74, 6) is 3.54. The van der Waals surface area contributed by atoms with Crippen LogP contribution in [0.4, 0.5) is 0 Å². The van der Waals surface area contributed by atoms with E-state index in [0.717, 1.165) is 27.4 Å². The molecule has 0 bridgehead atoms. The first-order valence-corrected chi connectivity index (χ1v) is 8.07. The number of rotatable bonds is 3. The van der Waals surface area contributed by atoms with E-state index < -0.39 is 0 Å². The Balaban J connectivity index is 1.74. The van der Waals surface area contributed by atoms with E-state index in [0.29, 0.717) is 12.3 Å². The molecule has 2 aromatic rings. The van der Waals surface area contributed by atoms with Gasteiger partial charge in [0.2, 0.25) is 5.89 Å². The van der Waals surface area contributed by atoms with Crippen LogP contribution in [0.15, 0.2) is 33.3 Å². The van der Waals surface area contributed by atoms with Gasteiger partial charge >= 0.3 is 0 Å². The van der Waals surface area contributed by atoms with Crippen molar-refractivity contribution >= 4 is 27.7 Å². The molecule has 0 aliphatic carbocycles. The second-order valence-electron chi connectivity index (χ2n) is 4.66. The highest BCUT2D eigenvalue weighted by Gasteiger charge is 2.30. The average molecular weight is 340 g/mol. The van der Waals surface area contributed by atoms with Crippen LogP contribution in [-0.4, -0.2) is 27.7 Å². The molecule has 0 radical (unpaired) electrons. The monoisotopic (exact) mass is 339 g/mol. The maximum atomic E-state index is 6.04. The predicted molar refractivity (Wildman–Crippen MR) is 79.3 cm³/mol. The molecule has 1 aliphatic heterocycles. The maximum absolute atomic E-state index is 6.04. The van der Waals surface area contributed by atoms with Crippen molar-refractivity contribution in [2.24, 2.45) is 5.73 Å². The molecule has 0 saturated carbocycles. The topological polar surface area (TPSA) is 64.9 Å². The van der Waals surface area contributed by atoms with Crippen LogP contribution < -0.4 is 5.73 Å². The summed E-state index contributed by atoms with van der Waals surface area (Å²) >= 11 is 5.30. The van der Waals surface area contributed by atoms with Gasteiger partial charge in [-0.05, 0) is 17.7 Å². The third-order valence-corrected chi connectivity index (χ3v) is 4.89. The molecule has 2 atom stereocenters. The minimum Gasteiger partial charge on any atom is -0.339 e. The fourth-order valence-electron chi connectivity index (χ4n) is 2.14. The Labute approximate surface area is 124 Å². The Morgan fingerprint density at radius 2 is 2.32 bits per heavy atom. The molecule has 2 heterocycles. The van der Waals surface area contributed by atoms with Crippen LogP contribution in [0.25, 0.3) is 0 Å². The van der Waals surface area contributed by atoms with E-state index in [4.69, 9.17) is 10.3 Å². The third-order valence-electron chi connectivity index (χ3n) is 3.18. The zero-order chi connectivity index (χ0) is 13.2. The Morgan fingerprint density at radius 3 is 3.05 bits per heavy atom. The largest absolute Gasteiger partial charge is 0.339 e. The molecule has 1 saturated heterocycles. The summed E-state index contributed by atoms with van der Waals surface area (Å²) < 4.78 is 6.41. The number of nitrogens with two attached hydrogens (primary N) is 1. The van der Waals surface area contributed by atoms with Crippen LogP contribution in [0.1, 0.15) is 23.2 Å². The molecule has 4 nitrogen and oxygen atoms in total. The molecule has 1 aliphatic rings. The first-order chi connectivity index (χ1) is 9.22. The lowest BCUT2D eigenvalue weighted by Gasteiger charge is -2.07. The smallest absolute Gasteiger partial charge is 0.232 e. The van der Waals surface area contributed by atoms with E-state index in [2.05, 4.69) is 38.2 Å². The minimum absolute atomic E-state index is 0.129. The Hall–Kier alpha value is -0.850. The van der Waals surface area contributed by atoms with E-state index in [9.17, 15) is 0 Å². The maximum Gasteiger partial charge on any atom is 0.232 e. The van der Waals surface area contributed by atoms with Crippen LogP contribution in [0.3, 0.4) is 0 Å². The molecule has 2 unspecified atom stereocenters. The van der Waals surface area contributed by atoms with Crippen LogP contribution in [0.5, 0.6) is 0 Å². The quantitative estimate of drug-likeness (QED) is 0.930. The van der Waals surface area contributed by atoms with Crippen LogP contribution >= 0.6 is 27.7 Å². The zero-order valence-corrected chi connectivity index (χ0v) is 12.7. The molecule has 2 N–H and O–H groups in total. The predicted octanol–water partition coefficient (Wildman–Crippen LogP) is 2.58. The van der Waals surface area contributed by atoms with Crippen molar-refractivity contribution in [3.05, 3.63) is 46.0 Å². The van der Waals surface area contributed by atoms with E-state index in [-0.39, 0.29) is 12.0 Å². The number of nitrogens with zero attached hydrogens (tertiary/aromatic N) is 2. The number of hydrogen-bond donors (Lipinski definition) is 1. The summed E-state index contributed by atoms with van der Waals surface area (Å²) in [6, 6.07) is 8.25. The molecule has 1 aromatic carbocycles. The third kappa shape index (κ3) is 3.01. The summed E-state index contributed by atoms with van der Waals surface area (Å²) in [7, 11) is 0. The van der Waals surface area contributed by atoms with Gasteiger partial charge in [-0.15, -0.1) is 0 Å². The fraction of sp³-hybridized carbons (Fsp3) is 0.385. The summed E-state index contributed by atoms with van der Waals surface area (Å²) in [5, 5.41) is 4.05. The Morgan fingerprint density at radius 1 is 1.42 bits per heavy atom. The fourth-order valence-corrected chi connectivity index (χ4v) is 3.88. The van der Waals surface area contributed by atoms with Crippen LogP contribution in [-0.2, 0) is 6.42 Å². The molecule has 100 valence electrons. The highest BCUT2D eigenvalue weighted by molar-refractivity contribution is 9.10. The lowest BCUT2D eigenvalue weighted by molar-refractivity contribution is 0.349. The second kappa shape index (κ2) is 5.64. The van der Waals surface area contributed by atoms with Gasteiger partial charge in [-0.25, -0.2) is 0 Å².